The summed E-state index contributed by atoms with van der Waals surface area (Å²) in [6.45, 7) is 10.6. The summed E-state index contributed by atoms with van der Waals surface area (Å²) in [6.07, 6.45) is 10.2. The fourth-order valence-corrected chi connectivity index (χ4v) is 4.69. The van der Waals surface area contributed by atoms with Crippen molar-refractivity contribution in [3.05, 3.63) is 66.4 Å². The van der Waals surface area contributed by atoms with Crippen molar-refractivity contribution in [3.63, 3.8) is 0 Å². The first-order valence-electron chi connectivity index (χ1n) is 17.1. The molecule has 0 saturated carbocycles. The number of anilines is 1. The molecule has 0 spiro atoms. The van der Waals surface area contributed by atoms with E-state index in [0.717, 1.165) is 67.0 Å². The number of nitrogens with zero attached hydrogens (tertiary/aromatic N) is 6. The number of ether oxygens (including phenoxy) is 3. The molecular formula is C37H50N6O5. The van der Waals surface area contributed by atoms with Gasteiger partial charge in [0.2, 0.25) is 0 Å². The van der Waals surface area contributed by atoms with Crippen LogP contribution in [0.1, 0.15) is 84.1 Å². The number of aryl methyl sites for hydroxylation is 1. The molecule has 2 aromatic carbocycles. The summed E-state index contributed by atoms with van der Waals surface area (Å²) in [7, 11) is 0. The molecule has 0 unspecified atom stereocenters. The average molecular weight is 659 g/mol. The van der Waals surface area contributed by atoms with Gasteiger partial charge in [-0.1, -0.05) is 46.0 Å². The van der Waals surface area contributed by atoms with Crippen molar-refractivity contribution >= 4 is 40.5 Å². The van der Waals surface area contributed by atoms with Crippen molar-refractivity contribution in [3.8, 4) is 5.75 Å². The van der Waals surface area contributed by atoms with E-state index in [0.29, 0.717) is 50.8 Å². The van der Waals surface area contributed by atoms with Crippen LogP contribution in [0.5, 0.6) is 5.75 Å². The topological polar surface area (TPSA) is 127 Å². The first-order valence-corrected chi connectivity index (χ1v) is 17.1. The Labute approximate surface area is 284 Å². The van der Waals surface area contributed by atoms with Crippen LogP contribution in [0, 0.1) is 6.92 Å². The third kappa shape index (κ3) is 14.4. The third-order valence-electron chi connectivity index (χ3n) is 7.56. The van der Waals surface area contributed by atoms with E-state index >= 15 is 0 Å². The molecule has 11 nitrogen and oxygen atoms in total. The van der Waals surface area contributed by atoms with Gasteiger partial charge in [0.1, 0.15) is 12.4 Å². The van der Waals surface area contributed by atoms with Crippen LogP contribution >= 0.6 is 0 Å². The molecule has 258 valence electrons. The molecule has 0 atom stereocenters. The highest BCUT2D eigenvalue weighted by Crippen LogP contribution is 2.28. The lowest BCUT2D eigenvalue weighted by Gasteiger charge is -2.22. The van der Waals surface area contributed by atoms with Crippen LogP contribution in [0.25, 0.3) is 0 Å². The zero-order valence-electron chi connectivity index (χ0n) is 28.9. The molecule has 1 heterocycles. The zero-order valence-corrected chi connectivity index (χ0v) is 28.9. The first kappa shape index (κ1) is 37.8. The average Bonchev–Trinajstić information content (AvgIpc) is 3.11. The monoisotopic (exact) mass is 658 g/mol. The second-order valence-electron chi connectivity index (χ2n) is 11.3. The molecule has 0 radical (unpaired) electrons. The molecule has 0 amide bonds. The highest BCUT2D eigenvalue weighted by atomic mass is 16.5. The maximum Gasteiger partial charge on any atom is 0.305 e. The maximum absolute atomic E-state index is 11.4. The van der Waals surface area contributed by atoms with Crippen LogP contribution < -0.4 is 9.64 Å². The maximum atomic E-state index is 11.4. The van der Waals surface area contributed by atoms with Crippen LogP contribution in [0.3, 0.4) is 0 Å². The molecule has 3 aromatic rings. The summed E-state index contributed by atoms with van der Waals surface area (Å²) in [5, 5.41) is 17.4. The first-order chi connectivity index (χ1) is 23.4. The van der Waals surface area contributed by atoms with Gasteiger partial charge in [0.15, 0.2) is 5.82 Å². The Morgan fingerprint density at radius 1 is 0.688 bits per heavy atom. The minimum atomic E-state index is -0.187. The van der Waals surface area contributed by atoms with Gasteiger partial charge in [0, 0.05) is 25.1 Å². The SMILES string of the molecule is CCC(=O)OCCCCCCCCCOc1ccc(N=Nc2ccc(N=Nc3ccc(N(CC)CCOC(=O)CC)cc3)cc2C)nc1. The highest BCUT2D eigenvalue weighted by Gasteiger charge is 2.07. The van der Waals surface area contributed by atoms with Crippen LogP contribution in [-0.4, -0.2) is 49.8 Å². The van der Waals surface area contributed by atoms with E-state index in [1.165, 1.54) is 12.8 Å². The van der Waals surface area contributed by atoms with Crippen molar-refractivity contribution < 1.29 is 23.8 Å². The highest BCUT2D eigenvalue weighted by molar-refractivity contribution is 5.69. The van der Waals surface area contributed by atoms with Crippen LogP contribution in [0.2, 0.25) is 0 Å². The zero-order chi connectivity index (χ0) is 34.4. The van der Waals surface area contributed by atoms with E-state index in [4.69, 9.17) is 14.2 Å². The molecule has 11 heteroatoms. The van der Waals surface area contributed by atoms with Crippen LogP contribution in [0.15, 0.2) is 81.3 Å². The molecular weight excluding hydrogens is 608 g/mol. The van der Waals surface area contributed by atoms with Gasteiger partial charge < -0.3 is 19.1 Å². The summed E-state index contributed by atoms with van der Waals surface area (Å²) in [4.78, 5) is 29.0. The Morgan fingerprint density at radius 3 is 1.94 bits per heavy atom. The number of carbonyl (C=O) groups is 2. The fourth-order valence-electron chi connectivity index (χ4n) is 4.69. The van der Waals surface area contributed by atoms with Crippen molar-refractivity contribution in [2.24, 2.45) is 20.5 Å². The quantitative estimate of drug-likeness (QED) is 0.0597. The number of benzene rings is 2. The summed E-state index contributed by atoms with van der Waals surface area (Å²) in [5.74, 6) is 0.913. The Hall–Kier alpha value is -4.67. The standard InChI is InChI=1S/C37H50N6O5/c1-5-36(44)47-25-14-12-10-8-9-11-13-24-46-33-20-22-35(38-28-33)42-41-34-21-17-31(27-29(34)4)40-39-30-15-18-32(19-16-30)43(7-3)23-26-48-37(45)6-2/h15-22,27-28H,5-14,23-26H2,1-4H3. The lowest BCUT2D eigenvalue weighted by molar-refractivity contribution is -0.144. The second kappa shape index (κ2) is 22.0. The van der Waals surface area contributed by atoms with E-state index in [9.17, 15) is 9.59 Å². The molecule has 1 aromatic heterocycles. The Balaban J connectivity index is 1.37. The summed E-state index contributed by atoms with van der Waals surface area (Å²) in [6, 6.07) is 17.1. The molecule has 48 heavy (non-hydrogen) atoms. The largest absolute Gasteiger partial charge is 0.492 e. The molecule has 3 rings (SSSR count). The summed E-state index contributed by atoms with van der Waals surface area (Å²) in [5.41, 5.74) is 4.14. The predicted molar refractivity (Wildman–Crippen MR) is 188 cm³/mol. The molecule has 0 aliphatic carbocycles. The second-order valence-corrected chi connectivity index (χ2v) is 11.3. The number of carbonyl (C=O) groups excluding carboxylic acids is 2. The Bertz CT molecular complexity index is 1440. The van der Waals surface area contributed by atoms with Crippen molar-refractivity contribution in [2.45, 2.75) is 85.5 Å². The fraction of sp³-hybridized carbons (Fsp3) is 0.486. The third-order valence-corrected chi connectivity index (χ3v) is 7.56. The van der Waals surface area contributed by atoms with Gasteiger partial charge in [-0.2, -0.15) is 10.2 Å². The van der Waals surface area contributed by atoms with Crippen LogP contribution in [0.4, 0.5) is 28.6 Å². The minimum absolute atomic E-state index is 0.118. The van der Waals surface area contributed by atoms with Gasteiger partial charge >= 0.3 is 11.9 Å². The van der Waals surface area contributed by atoms with Crippen molar-refractivity contribution in [2.75, 3.05) is 37.8 Å². The van der Waals surface area contributed by atoms with Crippen molar-refractivity contribution in [1.29, 1.82) is 0 Å². The molecule has 0 bridgehead atoms. The smallest absolute Gasteiger partial charge is 0.305 e. The van der Waals surface area contributed by atoms with Gasteiger partial charge in [0.25, 0.3) is 0 Å². The van der Waals surface area contributed by atoms with Gasteiger partial charge in [-0.25, -0.2) is 4.98 Å². The molecule has 0 aliphatic heterocycles. The summed E-state index contributed by atoms with van der Waals surface area (Å²) >= 11 is 0. The number of rotatable bonds is 22. The van der Waals surface area contributed by atoms with Gasteiger partial charge in [-0.3, -0.25) is 9.59 Å². The van der Waals surface area contributed by atoms with Gasteiger partial charge in [0.05, 0.1) is 43.0 Å². The number of hydrogen-bond donors (Lipinski definition) is 0. The van der Waals surface area contributed by atoms with E-state index in [1.807, 2.05) is 62.4 Å². The van der Waals surface area contributed by atoms with E-state index in [-0.39, 0.29) is 11.9 Å². The molecule has 0 N–H and O–H groups in total. The lowest BCUT2D eigenvalue weighted by atomic mass is 10.1. The molecule has 0 saturated heterocycles. The lowest BCUT2D eigenvalue weighted by Crippen LogP contribution is -2.27. The normalized spacial score (nSPS) is 11.2. The van der Waals surface area contributed by atoms with Crippen LogP contribution in [-0.2, 0) is 19.1 Å². The number of pyridine rings is 1. The number of hydrogen-bond acceptors (Lipinski definition) is 11. The van der Waals surface area contributed by atoms with Gasteiger partial charge in [-0.05, 0) is 86.8 Å². The van der Waals surface area contributed by atoms with Crippen molar-refractivity contribution in [1.82, 2.24) is 4.98 Å². The number of aromatic nitrogens is 1. The molecule has 0 fully saturated rings. The molecule has 0 aliphatic rings. The van der Waals surface area contributed by atoms with E-state index in [2.05, 4.69) is 37.3 Å². The minimum Gasteiger partial charge on any atom is -0.492 e. The Morgan fingerprint density at radius 2 is 1.31 bits per heavy atom. The predicted octanol–water partition coefficient (Wildman–Crippen LogP) is 10.1. The van der Waals surface area contributed by atoms with Gasteiger partial charge in [-0.15, -0.1) is 10.2 Å². The van der Waals surface area contributed by atoms with E-state index in [1.54, 1.807) is 19.2 Å². The number of likely N-dealkylation sites (N-methyl/N-ethyl adjacent to an activating group) is 1. The number of esters is 2. The Kier molecular flexibility index (Phi) is 17.3. The van der Waals surface area contributed by atoms with E-state index < -0.39 is 0 Å². The number of azo groups is 2. The summed E-state index contributed by atoms with van der Waals surface area (Å²) < 4.78 is 16.1. The number of unbranched alkanes of at least 4 members (excludes halogenated alkanes) is 6.